The first-order valence-corrected chi connectivity index (χ1v) is 7.25. The number of hydrogen-bond acceptors (Lipinski definition) is 4. The summed E-state index contributed by atoms with van der Waals surface area (Å²) >= 11 is 0. The third-order valence-corrected chi connectivity index (χ3v) is 3.65. The average Bonchev–Trinajstić information content (AvgIpc) is 2.84. The number of hydrogen-bond donors (Lipinski definition) is 2. The highest BCUT2D eigenvalue weighted by molar-refractivity contribution is 5.91. The molecule has 3 N–H and O–H groups in total. The molecule has 0 saturated heterocycles. The molecule has 1 aliphatic rings. The second-order valence-electron chi connectivity index (χ2n) is 5.63. The molecule has 1 aliphatic carbocycles. The van der Waals surface area contributed by atoms with E-state index in [4.69, 9.17) is 10.5 Å². The Balaban J connectivity index is 1.71. The zero-order valence-electron chi connectivity index (χ0n) is 12.2. The van der Waals surface area contributed by atoms with Crippen LogP contribution in [0.15, 0.2) is 12.4 Å². The molecular formula is C14H22N4O3. The van der Waals surface area contributed by atoms with E-state index >= 15 is 0 Å². The molecule has 2 amide bonds. The number of rotatable bonds is 6. The number of anilines is 1. The van der Waals surface area contributed by atoms with Gasteiger partial charge in [-0.3, -0.25) is 14.3 Å². The Morgan fingerprint density at radius 1 is 1.43 bits per heavy atom. The minimum Gasteiger partial charge on any atom is -0.368 e. The third kappa shape index (κ3) is 5.18. The van der Waals surface area contributed by atoms with Gasteiger partial charge in [-0.1, -0.05) is 6.92 Å². The van der Waals surface area contributed by atoms with Gasteiger partial charge in [0, 0.05) is 6.20 Å². The zero-order valence-corrected chi connectivity index (χ0v) is 12.2. The molecule has 0 spiro atoms. The van der Waals surface area contributed by atoms with Crippen LogP contribution in [0, 0.1) is 5.92 Å². The van der Waals surface area contributed by atoms with Crippen molar-refractivity contribution in [2.24, 2.45) is 11.7 Å². The van der Waals surface area contributed by atoms with Gasteiger partial charge in [-0.15, -0.1) is 0 Å². The topological polar surface area (TPSA) is 99.2 Å². The molecule has 0 bridgehead atoms. The number of nitrogens with one attached hydrogen (secondary N) is 1. The first-order valence-electron chi connectivity index (χ1n) is 7.25. The van der Waals surface area contributed by atoms with E-state index in [0.717, 1.165) is 31.6 Å². The highest BCUT2D eigenvalue weighted by Crippen LogP contribution is 2.25. The summed E-state index contributed by atoms with van der Waals surface area (Å²) in [6.45, 7) is 2.28. The summed E-state index contributed by atoms with van der Waals surface area (Å²) in [4.78, 5) is 22.5. The smallest absolute Gasteiger partial charge is 0.250 e. The van der Waals surface area contributed by atoms with Crippen LogP contribution in [0.1, 0.15) is 32.6 Å². The largest absolute Gasteiger partial charge is 0.368 e. The van der Waals surface area contributed by atoms with Crippen LogP contribution in [0.2, 0.25) is 0 Å². The number of ether oxygens (including phenoxy) is 1. The van der Waals surface area contributed by atoms with Gasteiger partial charge in [-0.05, 0) is 31.6 Å². The molecule has 116 valence electrons. The van der Waals surface area contributed by atoms with Crippen molar-refractivity contribution in [2.45, 2.75) is 45.3 Å². The molecule has 7 heteroatoms. The van der Waals surface area contributed by atoms with E-state index in [1.165, 1.54) is 10.9 Å². The highest BCUT2D eigenvalue weighted by Gasteiger charge is 2.19. The maximum atomic E-state index is 11.8. The number of nitrogens with two attached hydrogens (primary N) is 1. The minimum atomic E-state index is -0.481. The van der Waals surface area contributed by atoms with E-state index in [9.17, 15) is 9.59 Å². The molecule has 1 heterocycles. The van der Waals surface area contributed by atoms with Gasteiger partial charge in [0.15, 0.2) is 0 Å². The lowest BCUT2D eigenvalue weighted by atomic mass is 9.89. The first kappa shape index (κ1) is 15.5. The lowest BCUT2D eigenvalue weighted by Gasteiger charge is -2.25. The molecular weight excluding hydrogens is 272 g/mol. The molecule has 0 atom stereocenters. The third-order valence-electron chi connectivity index (χ3n) is 3.65. The Bertz CT molecular complexity index is 492. The average molecular weight is 294 g/mol. The van der Waals surface area contributed by atoms with Crippen LogP contribution in [-0.2, 0) is 20.9 Å². The summed E-state index contributed by atoms with van der Waals surface area (Å²) < 4.78 is 7.00. The Kier molecular flexibility index (Phi) is 5.32. The fraction of sp³-hybridized carbons (Fsp3) is 0.643. The van der Waals surface area contributed by atoms with E-state index < -0.39 is 5.91 Å². The SMILES string of the molecule is CC1CCC(OCC(=O)Nc2cnn(CC(N)=O)c2)CC1. The molecule has 1 aromatic rings. The van der Waals surface area contributed by atoms with Crippen LogP contribution in [0.5, 0.6) is 0 Å². The molecule has 21 heavy (non-hydrogen) atoms. The standard InChI is InChI=1S/C14H22N4O3/c1-10-2-4-12(5-3-10)21-9-14(20)17-11-6-16-18(7-11)8-13(15)19/h6-7,10,12H,2-5,8-9H2,1H3,(H2,15,19)(H,17,20). The van der Waals surface area contributed by atoms with E-state index in [0.29, 0.717) is 5.69 Å². The van der Waals surface area contributed by atoms with E-state index in [1.54, 1.807) is 6.20 Å². The van der Waals surface area contributed by atoms with Crippen molar-refractivity contribution in [3.8, 4) is 0 Å². The Morgan fingerprint density at radius 3 is 2.81 bits per heavy atom. The maximum absolute atomic E-state index is 11.8. The van der Waals surface area contributed by atoms with Crippen molar-refractivity contribution in [1.29, 1.82) is 0 Å². The molecule has 0 unspecified atom stereocenters. The summed E-state index contributed by atoms with van der Waals surface area (Å²) in [7, 11) is 0. The Labute approximate surface area is 123 Å². The van der Waals surface area contributed by atoms with Crippen LogP contribution < -0.4 is 11.1 Å². The minimum absolute atomic E-state index is 0.00731. The predicted molar refractivity (Wildman–Crippen MR) is 77.4 cm³/mol. The normalized spacial score (nSPS) is 22.0. The summed E-state index contributed by atoms with van der Waals surface area (Å²) in [6, 6.07) is 0. The van der Waals surface area contributed by atoms with Gasteiger partial charge >= 0.3 is 0 Å². The van der Waals surface area contributed by atoms with Crippen molar-refractivity contribution < 1.29 is 14.3 Å². The van der Waals surface area contributed by atoms with E-state index in [-0.39, 0.29) is 25.2 Å². The maximum Gasteiger partial charge on any atom is 0.250 e. The van der Waals surface area contributed by atoms with Gasteiger partial charge in [0.1, 0.15) is 13.2 Å². The van der Waals surface area contributed by atoms with Gasteiger partial charge in [-0.2, -0.15) is 5.10 Å². The molecule has 2 rings (SSSR count). The molecule has 0 aromatic carbocycles. The summed E-state index contributed by atoms with van der Waals surface area (Å²) in [5, 5.41) is 6.61. The fourth-order valence-corrected chi connectivity index (χ4v) is 2.46. The van der Waals surface area contributed by atoms with Crippen molar-refractivity contribution in [3.63, 3.8) is 0 Å². The monoisotopic (exact) mass is 294 g/mol. The van der Waals surface area contributed by atoms with Gasteiger partial charge in [-0.25, -0.2) is 0 Å². The number of carbonyl (C=O) groups is 2. The number of amides is 2. The second-order valence-corrected chi connectivity index (χ2v) is 5.63. The Hall–Kier alpha value is -1.89. The molecule has 0 radical (unpaired) electrons. The number of carbonyl (C=O) groups excluding carboxylic acids is 2. The van der Waals surface area contributed by atoms with Crippen molar-refractivity contribution in [1.82, 2.24) is 9.78 Å². The summed E-state index contributed by atoms with van der Waals surface area (Å²) in [6.07, 6.45) is 7.58. The number of primary amides is 1. The fourth-order valence-electron chi connectivity index (χ4n) is 2.46. The van der Waals surface area contributed by atoms with Crippen LogP contribution in [-0.4, -0.2) is 34.3 Å². The van der Waals surface area contributed by atoms with Gasteiger partial charge in [0.25, 0.3) is 0 Å². The molecule has 7 nitrogen and oxygen atoms in total. The molecule has 1 aromatic heterocycles. The highest BCUT2D eigenvalue weighted by atomic mass is 16.5. The summed E-state index contributed by atoms with van der Waals surface area (Å²) in [5.41, 5.74) is 5.60. The van der Waals surface area contributed by atoms with Crippen LogP contribution in [0.25, 0.3) is 0 Å². The molecule has 1 saturated carbocycles. The summed E-state index contributed by atoms with van der Waals surface area (Å²) in [5.74, 6) is 0.0628. The van der Waals surface area contributed by atoms with Crippen molar-refractivity contribution in [2.75, 3.05) is 11.9 Å². The lowest BCUT2D eigenvalue weighted by molar-refractivity contribution is -0.123. The molecule has 0 aliphatic heterocycles. The van der Waals surface area contributed by atoms with Crippen molar-refractivity contribution >= 4 is 17.5 Å². The molecule has 1 fully saturated rings. The second kappa shape index (κ2) is 7.21. The van der Waals surface area contributed by atoms with Gasteiger partial charge in [0.05, 0.1) is 18.0 Å². The van der Waals surface area contributed by atoms with Gasteiger partial charge in [0.2, 0.25) is 11.8 Å². The number of aromatic nitrogens is 2. The van der Waals surface area contributed by atoms with Crippen LogP contribution in [0.4, 0.5) is 5.69 Å². The first-order chi connectivity index (χ1) is 10.0. The van der Waals surface area contributed by atoms with Gasteiger partial charge < -0.3 is 15.8 Å². The predicted octanol–water partition coefficient (Wildman–Crippen LogP) is 0.902. The quantitative estimate of drug-likeness (QED) is 0.814. The Morgan fingerprint density at radius 2 is 2.14 bits per heavy atom. The van der Waals surface area contributed by atoms with E-state index in [2.05, 4.69) is 17.3 Å². The zero-order chi connectivity index (χ0) is 15.2. The number of nitrogens with zero attached hydrogens (tertiary/aromatic N) is 2. The van der Waals surface area contributed by atoms with Crippen LogP contribution >= 0.6 is 0 Å². The van der Waals surface area contributed by atoms with Crippen molar-refractivity contribution in [3.05, 3.63) is 12.4 Å². The lowest BCUT2D eigenvalue weighted by Crippen LogP contribution is -2.26. The van der Waals surface area contributed by atoms with Crippen LogP contribution in [0.3, 0.4) is 0 Å². The van der Waals surface area contributed by atoms with E-state index in [1.807, 2.05) is 0 Å².